The Morgan fingerprint density at radius 3 is 2.47 bits per heavy atom. The summed E-state index contributed by atoms with van der Waals surface area (Å²) in [4.78, 5) is 34.4. The molecule has 0 radical (unpaired) electrons. The maximum atomic E-state index is 13.4. The minimum absolute atomic E-state index is 0.103. The fourth-order valence-electron chi connectivity index (χ4n) is 3.93. The molecule has 1 amide bonds. The van der Waals surface area contributed by atoms with Crippen LogP contribution in [0.4, 0.5) is 5.69 Å². The molecule has 2 aromatic heterocycles. The first-order chi connectivity index (χ1) is 18.6. The molecule has 0 atom stereocenters. The van der Waals surface area contributed by atoms with Crippen LogP contribution in [0.15, 0.2) is 89.5 Å². The highest BCUT2D eigenvalue weighted by Gasteiger charge is 2.23. The normalized spacial score (nSPS) is 10.7. The molecule has 3 aromatic carbocycles. The molecule has 1 N–H and O–H groups in total. The zero-order valence-corrected chi connectivity index (χ0v) is 20.6. The van der Waals surface area contributed by atoms with Crippen LogP contribution in [0, 0.1) is 0 Å². The molecule has 5 aromatic rings. The van der Waals surface area contributed by atoms with Gasteiger partial charge in [-0.05, 0) is 42.0 Å². The first kappa shape index (κ1) is 24.5. The summed E-state index contributed by atoms with van der Waals surface area (Å²) in [6.07, 6.45) is 1.52. The number of benzene rings is 3. The summed E-state index contributed by atoms with van der Waals surface area (Å²) in [5.41, 5.74) is 2.84. The number of carbonyl (C=O) groups is 2. The average molecular weight is 510 g/mol. The lowest BCUT2D eigenvalue weighted by Crippen LogP contribution is -2.16. The Kier molecular flexibility index (Phi) is 6.99. The molecule has 5 rings (SSSR count). The van der Waals surface area contributed by atoms with Crippen LogP contribution < -0.4 is 14.8 Å². The molecular weight excluding hydrogens is 486 g/mol. The van der Waals surface area contributed by atoms with E-state index in [9.17, 15) is 9.59 Å². The van der Waals surface area contributed by atoms with Crippen molar-refractivity contribution in [1.29, 1.82) is 0 Å². The second-order valence-corrected chi connectivity index (χ2v) is 8.12. The number of pyridine rings is 1. The Bertz CT molecular complexity index is 1610. The van der Waals surface area contributed by atoms with Crippen molar-refractivity contribution in [3.05, 3.63) is 102 Å². The summed E-state index contributed by atoms with van der Waals surface area (Å²) in [5, 5.41) is 2.88. The predicted molar refractivity (Wildman–Crippen MR) is 140 cm³/mol. The molecule has 0 aliphatic rings. The van der Waals surface area contributed by atoms with Crippen molar-refractivity contribution in [3.8, 4) is 23.0 Å². The van der Waals surface area contributed by atoms with Gasteiger partial charge in [0.2, 0.25) is 5.89 Å². The number of methoxy groups -OCH3 is 2. The summed E-state index contributed by atoms with van der Waals surface area (Å²) in [5.74, 6) is -0.144. The van der Waals surface area contributed by atoms with Crippen LogP contribution in [0.3, 0.4) is 0 Å². The van der Waals surface area contributed by atoms with E-state index in [0.29, 0.717) is 33.8 Å². The van der Waals surface area contributed by atoms with Gasteiger partial charge in [-0.25, -0.2) is 14.8 Å². The zero-order chi connectivity index (χ0) is 26.5. The Balaban J connectivity index is 1.49. The number of nitrogens with zero attached hydrogens (tertiary/aromatic N) is 2. The quantitative estimate of drug-likeness (QED) is 0.272. The van der Waals surface area contributed by atoms with Crippen molar-refractivity contribution in [2.45, 2.75) is 6.61 Å². The van der Waals surface area contributed by atoms with Crippen molar-refractivity contribution >= 4 is 28.7 Å². The zero-order valence-electron chi connectivity index (χ0n) is 20.6. The largest absolute Gasteiger partial charge is 0.495 e. The van der Waals surface area contributed by atoms with Crippen molar-refractivity contribution in [2.24, 2.45) is 0 Å². The number of rotatable bonds is 8. The third kappa shape index (κ3) is 4.90. The standard InChI is InChI=1S/C29H23N3O6/c1-35-21-13-6-11-19(28-32-25-20(29(34)36-2)12-7-14-23(25)38-28)24(21)31-27(33)26-22(15-8-16-30-26)37-17-18-9-4-3-5-10-18/h3-16H,17H2,1-2H3,(H,31,33). The summed E-state index contributed by atoms with van der Waals surface area (Å²) in [6, 6.07) is 23.2. The number of fused-ring (bicyclic) bond motifs is 1. The number of ether oxygens (including phenoxy) is 3. The summed E-state index contributed by atoms with van der Waals surface area (Å²) in [6.45, 7) is 0.276. The minimum Gasteiger partial charge on any atom is -0.495 e. The van der Waals surface area contributed by atoms with Crippen molar-refractivity contribution in [2.75, 3.05) is 19.5 Å². The molecule has 0 fully saturated rings. The molecule has 0 aliphatic carbocycles. The van der Waals surface area contributed by atoms with Gasteiger partial charge in [0.05, 0.1) is 31.0 Å². The fraction of sp³-hybridized carbons (Fsp3) is 0.103. The van der Waals surface area contributed by atoms with Gasteiger partial charge in [0.1, 0.15) is 17.9 Å². The second kappa shape index (κ2) is 10.8. The Hall–Kier alpha value is -5.18. The second-order valence-electron chi connectivity index (χ2n) is 8.12. The lowest BCUT2D eigenvalue weighted by molar-refractivity contribution is 0.0602. The van der Waals surface area contributed by atoms with Crippen LogP contribution in [0.5, 0.6) is 11.5 Å². The molecule has 0 spiro atoms. The molecule has 0 aliphatic heterocycles. The molecule has 0 bridgehead atoms. The number of hydrogen-bond acceptors (Lipinski definition) is 8. The Morgan fingerprint density at radius 2 is 1.68 bits per heavy atom. The van der Waals surface area contributed by atoms with E-state index >= 15 is 0 Å². The number of aromatic nitrogens is 2. The van der Waals surface area contributed by atoms with Gasteiger partial charge in [0.25, 0.3) is 5.91 Å². The Labute approximate surface area is 218 Å². The number of nitrogens with one attached hydrogen (secondary N) is 1. The van der Waals surface area contributed by atoms with E-state index in [1.54, 1.807) is 48.5 Å². The van der Waals surface area contributed by atoms with E-state index in [0.717, 1.165) is 5.56 Å². The minimum atomic E-state index is -0.534. The summed E-state index contributed by atoms with van der Waals surface area (Å²) in [7, 11) is 2.79. The van der Waals surface area contributed by atoms with Gasteiger partial charge in [-0.2, -0.15) is 0 Å². The third-order valence-corrected chi connectivity index (χ3v) is 5.76. The number of para-hydroxylation sites is 2. The van der Waals surface area contributed by atoms with Gasteiger partial charge in [0, 0.05) is 6.20 Å². The molecule has 0 saturated carbocycles. The van der Waals surface area contributed by atoms with Gasteiger partial charge in [-0.15, -0.1) is 0 Å². The molecule has 9 heteroatoms. The van der Waals surface area contributed by atoms with E-state index < -0.39 is 11.9 Å². The first-order valence-corrected chi connectivity index (χ1v) is 11.7. The van der Waals surface area contributed by atoms with E-state index in [2.05, 4.69) is 15.3 Å². The topological polar surface area (TPSA) is 113 Å². The SMILES string of the molecule is COC(=O)c1cccc2oc(-c3cccc(OC)c3NC(=O)c3ncccc3OCc3ccccc3)nc12. The summed E-state index contributed by atoms with van der Waals surface area (Å²) >= 11 is 0. The monoisotopic (exact) mass is 509 g/mol. The van der Waals surface area contributed by atoms with Crippen LogP contribution in [0.2, 0.25) is 0 Å². The van der Waals surface area contributed by atoms with Gasteiger partial charge in [0.15, 0.2) is 17.0 Å². The van der Waals surface area contributed by atoms with Gasteiger partial charge < -0.3 is 23.9 Å². The lowest BCUT2D eigenvalue weighted by atomic mass is 10.1. The lowest BCUT2D eigenvalue weighted by Gasteiger charge is -2.15. The fourth-order valence-corrected chi connectivity index (χ4v) is 3.93. The summed E-state index contributed by atoms with van der Waals surface area (Å²) < 4.78 is 22.3. The number of hydrogen-bond donors (Lipinski definition) is 1. The van der Waals surface area contributed by atoms with Crippen LogP contribution >= 0.6 is 0 Å². The van der Waals surface area contributed by atoms with Crippen LogP contribution in [0.1, 0.15) is 26.4 Å². The van der Waals surface area contributed by atoms with Crippen molar-refractivity contribution < 1.29 is 28.2 Å². The predicted octanol–water partition coefficient (Wildman–Crippen LogP) is 5.52. The highest BCUT2D eigenvalue weighted by atomic mass is 16.5. The molecular formula is C29H23N3O6. The van der Waals surface area contributed by atoms with Gasteiger partial charge >= 0.3 is 5.97 Å². The maximum Gasteiger partial charge on any atom is 0.340 e. The molecule has 2 heterocycles. The Morgan fingerprint density at radius 1 is 0.895 bits per heavy atom. The van der Waals surface area contributed by atoms with Crippen LogP contribution in [-0.4, -0.2) is 36.1 Å². The highest BCUT2D eigenvalue weighted by molar-refractivity contribution is 6.08. The third-order valence-electron chi connectivity index (χ3n) is 5.76. The molecule has 0 unspecified atom stereocenters. The molecule has 9 nitrogen and oxygen atoms in total. The molecule has 38 heavy (non-hydrogen) atoms. The molecule has 0 saturated heterocycles. The van der Waals surface area contributed by atoms with E-state index in [-0.39, 0.29) is 23.8 Å². The van der Waals surface area contributed by atoms with Crippen LogP contribution in [0.25, 0.3) is 22.6 Å². The van der Waals surface area contributed by atoms with Gasteiger partial charge in [-0.3, -0.25) is 4.79 Å². The highest BCUT2D eigenvalue weighted by Crippen LogP contribution is 2.37. The number of carbonyl (C=O) groups excluding carboxylic acids is 2. The van der Waals surface area contributed by atoms with E-state index in [4.69, 9.17) is 18.6 Å². The smallest absolute Gasteiger partial charge is 0.340 e. The number of esters is 1. The average Bonchev–Trinajstić information content (AvgIpc) is 3.41. The first-order valence-electron chi connectivity index (χ1n) is 11.7. The van der Waals surface area contributed by atoms with E-state index in [1.807, 2.05) is 30.3 Å². The number of oxazole rings is 1. The van der Waals surface area contributed by atoms with Crippen molar-refractivity contribution in [1.82, 2.24) is 9.97 Å². The van der Waals surface area contributed by atoms with Gasteiger partial charge in [-0.1, -0.05) is 42.5 Å². The van der Waals surface area contributed by atoms with Crippen molar-refractivity contribution in [3.63, 3.8) is 0 Å². The maximum absolute atomic E-state index is 13.4. The molecule has 190 valence electrons. The number of amides is 1. The van der Waals surface area contributed by atoms with E-state index in [1.165, 1.54) is 20.4 Å². The van der Waals surface area contributed by atoms with Crippen LogP contribution in [-0.2, 0) is 11.3 Å². The number of anilines is 1.